The zero-order valence-corrected chi connectivity index (χ0v) is 21.5. The van der Waals surface area contributed by atoms with Crippen LogP contribution in [0.1, 0.15) is 34.7 Å². The molecule has 0 saturated carbocycles. The second-order valence-corrected chi connectivity index (χ2v) is 9.05. The molecule has 7 heteroatoms. The highest BCUT2D eigenvalue weighted by Crippen LogP contribution is 2.26. The van der Waals surface area contributed by atoms with Gasteiger partial charge in [-0.2, -0.15) is 0 Å². The molecule has 0 aromatic heterocycles. The first-order chi connectivity index (χ1) is 16.6. The Balaban J connectivity index is 1.52. The molecule has 1 unspecified atom stereocenters. The predicted octanol–water partition coefficient (Wildman–Crippen LogP) is 7.08. The number of halogens is 2. The van der Waals surface area contributed by atoms with E-state index in [9.17, 15) is 9.59 Å². The number of carbonyl (C=O) groups is 2. The van der Waals surface area contributed by atoms with E-state index in [0.717, 1.165) is 27.9 Å². The van der Waals surface area contributed by atoms with Gasteiger partial charge in [0.15, 0.2) is 6.10 Å². The number of aryl methyl sites for hydroxylation is 3. The summed E-state index contributed by atoms with van der Waals surface area (Å²) in [7, 11) is 0. The SMILES string of the molecule is Cc1cc(C)c(NC(=O)C(C)OC(=O)C=Cc2ccc(OCc3c(Cl)cccc3Cl)cc2)c(C)c1. The number of nitrogens with one attached hydrogen (secondary N) is 1. The fourth-order valence-electron chi connectivity index (χ4n) is 3.53. The molecule has 1 N–H and O–H groups in total. The third-order valence-corrected chi connectivity index (χ3v) is 6.03. The molecule has 3 aromatic carbocycles. The molecule has 1 atom stereocenters. The predicted molar refractivity (Wildman–Crippen MR) is 141 cm³/mol. The summed E-state index contributed by atoms with van der Waals surface area (Å²) in [5.41, 5.74) is 5.25. The van der Waals surface area contributed by atoms with E-state index in [1.807, 2.05) is 32.9 Å². The molecule has 1 amide bonds. The molecule has 35 heavy (non-hydrogen) atoms. The van der Waals surface area contributed by atoms with Crippen LogP contribution in [0.2, 0.25) is 10.0 Å². The van der Waals surface area contributed by atoms with Crippen molar-refractivity contribution in [3.63, 3.8) is 0 Å². The van der Waals surface area contributed by atoms with Gasteiger partial charge in [-0.05, 0) is 74.7 Å². The highest BCUT2D eigenvalue weighted by Gasteiger charge is 2.18. The van der Waals surface area contributed by atoms with Crippen LogP contribution in [-0.4, -0.2) is 18.0 Å². The van der Waals surface area contributed by atoms with Crippen molar-refractivity contribution in [1.29, 1.82) is 0 Å². The summed E-state index contributed by atoms with van der Waals surface area (Å²) in [4.78, 5) is 24.7. The van der Waals surface area contributed by atoms with Crippen LogP contribution in [-0.2, 0) is 20.9 Å². The van der Waals surface area contributed by atoms with Crippen molar-refractivity contribution in [2.45, 2.75) is 40.4 Å². The highest BCUT2D eigenvalue weighted by atomic mass is 35.5. The average Bonchev–Trinajstić information content (AvgIpc) is 2.80. The lowest BCUT2D eigenvalue weighted by atomic mass is 10.0. The maximum atomic E-state index is 12.5. The number of carbonyl (C=O) groups excluding carboxylic acids is 2. The van der Waals surface area contributed by atoms with Gasteiger partial charge in [-0.3, -0.25) is 4.79 Å². The Bertz CT molecular complexity index is 1210. The number of hydrogen-bond acceptors (Lipinski definition) is 4. The second kappa shape index (κ2) is 11.9. The lowest BCUT2D eigenvalue weighted by molar-refractivity contribution is -0.148. The van der Waals surface area contributed by atoms with Gasteiger partial charge in [0.1, 0.15) is 12.4 Å². The summed E-state index contributed by atoms with van der Waals surface area (Å²) in [5.74, 6) is -0.367. The van der Waals surface area contributed by atoms with Gasteiger partial charge in [0, 0.05) is 27.4 Å². The van der Waals surface area contributed by atoms with Crippen LogP contribution in [0.5, 0.6) is 5.75 Å². The normalized spacial score (nSPS) is 11.8. The number of esters is 1. The molecule has 0 radical (unpaired) electrons. The quantitative estimate of drug-likeness (QED) is 0.259. The molecule has 0 spiro atoms. The summed E-state index contributed by atoms with van der Waals surface area (Å²) in [5, 5.41) is 3.94. The first-order valence-electron chi connectivity index (χ1n) is 11.1. The zero-order chi connectivity index (χ0) is 25.5. The Hall–Kier alpha value is -3.28. The van der Waals surface area contributed by atoms with Gasteiger partial charge in [0.25, 0.3) is 5.91 Å². The standard InChI is InChI=1S/C28H27Cl2NO4/c1-17-14-18(2)27(19(3)15-17)31-28(33)20(4)35-26(32)13-10-21-8-11-22(12-9-21)34-16-23-24(29)6-5-7-25(23)30/h5-15,20H,16H2,1-4H3,(H,31,33). The summed E-state index contributed by atoms with van der Waals surface area (Å²) in [6.45, 7) is 7.63. The Morgan fingerprint density at radius 2 is 1.57 bits per heavy atom. The number of rotatable bonds is 8. The molecule has 3 rings (SSSR count). The van der Waals surface area contributed by atoms with Gasteiger partial charge in [0.2, 0.25) is 0 Å². The molecular formula is C28H27Cl2NO4. The molecule has 0 heterocycles. The minimum Gasteiger partial charge on any atom is -0.489 e. The number of amides is 1. The largest absolute Gasteiger partial charge is 0.489 e. The Kier molecular flexibility index (Phi) is 8.96. The van der Waals surface area contributed by atoms with E-state index in [2.05, 4.69) is 5.32 Å². The summed E-state index contributed by atoms with van der Waals surface area (Å²) >= 11 is 12.3. The molecule has 5 nitrogen and oxygen atoms in total. The first kappa shape index (κ1) is 26.3. The molecule has 3 aromatic rings. The van der Waals surface area contributed by atoms with E-state index in [1.165, 1.54) is 13.0 Å². The third kappa shape index (κ3) is 7.35. The van der Waals surface area contributed by atoms with Gasteiger partial charge >= 0.3 is 5.97 Å². The van der Waals surface area contributed by atoms with Gasteiger partial charge in [-0.15, -0.1) is 0 Å². The fraction of sp³-hybridized carbons (Fsp3) is 0.214. The molecule has 0 bridgehead atoms. The number of hydrogen-bond donors (Lipinski definition) is 1. The van der Waals surface area contributed by atoms with E-state index in [-0.39, 0.29) is 12.5 Å². The van der Waals surface area contributed by atoms with Gasteiger partial charge < -0.3 is 14.8 Å². The van der Waals surface area contributed by atoms with E-state index >= 15 is 0 Å². The summed E-state index contributed by atoms with van der Waals surface area (Å²) in [6, 6.07) is 16.4. The molecule has 0 aliphatic heterocycles. The first-order valence-corrected chi connectivity index (χ1v) is 11.8. The molecule has 182 valence electrons. The lowest BCUT2D eigenvalue weighted by Gasteiger charge is -2.16. The summed E-state index contributed by atoms with van der Waals surface area (Å²) in [6.07, 6.45) is 1.95. The van der Waals surface area contributed by atoms with Crippen LogP contribution >= 0.6 is 23.2 Å². The number of anilines is 1. The fourth-order valence-corrected chi connectivity index (χ4v) is 4.04. The van der Waals surface area contributed by atoms with Gasteiger partial charge in [-0.25, -0.2) is 4.79 Å². The Labute approximate surface area is 215 Å². The molecule has 0 saturated heterocycles. The third-order valence-electron chi connectivity index (χ3n) is 5.32. The van der Waals surface area contributed by atoms with Gasteiger partial charge in [0.05, 0.1) is 0 Å². The van der Waals surface area contributed by atoms with Crippen molar-refractivity contribution in [3.8, 4) is 5.75 Å². The van der Waals surface area contributed by atoms with E-state index in [1.54, 1.807) is 48.5 Å². The number of benzene rings is 3. The van der Waals surface area contributed by atoms with E-state index in [4.69, 9.17) is 32.7 Å². The van der Waals surface area contributed by atoms with Crippen molar-refractivity contribution >= 4 is 46.8 Å². The smallest absolute Gasteiger partial charge is 0.331 e. The van der Waals surface area contributed by atoms with Crippen molar-refractivity contribution in [1.82, 2.24) is 0 Å². The topological polar surface area (TPSA) is 64.6 Å². The number of ether oxygens (including phenoxy) is 2. The van der Waals surface area contributed by atoms with Crippen LogP contribution in [0.15, 0.2) is 60.7 Å². The van der Waals surface area contributed by atoms with E-state index < -0.39 is 12.1 Å². The van der Waals surface area contributed by atoms with E-state index in [0.29, 0.717) is 21.4 Å². The van der Waals surface area contributed by atoms with Crippen molar-refractivity contribution < 1.29 is 19.1 Å². The second-order valence-electron chi connectivity index (χ2n) is 8.23. The molecule has 0 fully saturated rings. The highest BCUT2D eigenvalue weighted by molar-refractivity contribution is 6.35. The maximum Gasteiger partial charge on any atom is 0.331 e. The maximum absolute atomic E-state index is 12.5. The molecular weight excluding hydrogens is 485 g/mol. The Morgan fingerprint density at radius 3 is 2.17 bits per heavy atom. The average molecular weight is 512 g/mol. The minimum absolute atomic E-state index is 0.238. The van der Waals surface area contributed by atoms with Crippen LogP contribution in [0.4, 0.5) is 5.69 Å². The van der Waals surface area contributed by atoms with Crippen LogP contribution in [0.25, 0.3) is 6.08 Å². The zero-order valence-electron chi connectivity index (χ0n) is 20.0. The Morgan fingerprint density at radius 1 is 0.971 bits per heavy atom. The molecule has 0 aliphatic rings. The van der Waals surface area contributed by atoms with Crippen molar-refractivity contribution in [2.75, 3.05) is 5.32 Å². The van der Waals surface area contributed by atoms with Crippen LogP contribution < -0.4 is 10.1 Å². The monoisotopic (exact) mass is 511 g/mol. The van der Waals surface area contributed by atoms with Crippen LogP contribution in [0.3, 0.4) is 0 Å². The lowest BCUT2D eigenvalue weighted by Crippen LogP contribution is -2.30. The van der Waals surface area contributed by atoms with Crippen molar-refractivity contribution in [2.24, 2.45) is 0 Å². The van der Waals surface area contributed by atoms with Crippen LogP contribution in [0, 0.1) is 20.8 Å². The van der Waals surface area contributed by atoms with Gasteiger partial charge in [-0.1, -0.05) is 59.1 Å². The van der Waals surface area contributed by atoms with Crippen molar-refractivity contribution in [3.05, 3.63) is 98.5 Å². The molecule has 0 aliphatic carbocycles. The summed E-state index contributed by atoms with van der Waals surface area (Å²) < 4.78 is 11.0. The minimum atomic E-state index is -0.945.